The van der Waals surface area contributed by atoms with Crippen molar-refractivity contribution in [1.29, 1.82) is 0 Å². The molecule has 4 aromatic carbocycles. The monoisotopic (exact) mass is 565 g/mol. The van der Waals surface area contributed by atoms with Gasteiger partial charge in [-0.15, -0.1) is 11.8 Å². The Morgan fingerprint density at radius 2 is 1.46 bits per heavy atom. The third-order valence-corrected chi connectivity index (χ3v) is 7.24. The first-order valence-corrected chi connectivity index (χ1v) is 13.7. The van der Waals surface area contributed by atoms with E-state index in [4.69, 9.17) is 0 Å². The van der Waals surface area contributed by atoms with Gasteiger partial charge in [-0.2, -0.15) is 0 Å². The van der Waals surface area contributed by atoms with E-state index in [0.29, 0.717) is 33.7 Å². The molecule has 0 fully saturated rings. The number of benzene rings is 4. The minimum absolute atomic E-state index is 0.0193. The smallest absolute Gasteiger partial charge is 0.272 e. The van der Waals surface area contributed by atoms with Crippen LogP contribution >= 0.6 is 11.8 Å². The van der Waals surface area contributed by atoms with Crippen LogP contribution in [0.1, 0.15) is 36.6 Å². The number of fused-ring (bicyclic) bond motifs is 1. The zero-order chi connectivity index (χ0) is 28.8. The first kappa shape index (κ1) is 27.5. The van der Waals surface area contributed by atoms with Gasteiger partial charge in [-0.05, 0) is 66.2 Å². The molecule has 0 spiro atoms. The fourth-order valence-electron chi connectivity index (χ4n) is 4.23. The number of imide groups is 1. The molecule has 4 amide bonds. The third kappa shape index (κ3) is 6.59. The van der Waals surface area contributed by atoms with Gasteiger partial charge >= 0.3 is 0 Å². The van der Waals surface area contributed by atoms with E-state index in [2.05, 4.69) is 10.6 Å². The van der Waals surface area contributed by atoms with E-state index in [-0.39, 0.29) is 24.1 Å². The fraction of sp³-hybridized carbons (Fsp3) is 0.0625. The van der Waals surface area contributed by atoms with Crippen molar-refractivity contribution in [2.24, 2.45) is 0 Å². The molecular weight excluding hydrogens is 541 g/mol. The Morgan fingerprint density at radius 3 is 2.15 bits per heavy atom. The van der Waals surface area contributed by atoms with Gasteiger partial charge in [0.05, 0.1) is 11.1 Å². The number of thioether (sulfide) groups is 1. The summed E-state index contributed by atoms with van der Waals surface area (Å²) in [7, 11) is 0. The van der Waals surface area contributed by atoms with Gasteiger partial charge in [0.25, 0.3) is 23.6 Å². The van der Waals surface area contributed by atoms with Crippen LogP contribution < -0.4 is 10.6 Å². The van der Waals surface area contributed by atoms with Gasteiger partial charge in [-0.25, -0.2) is 4.39 Å². The van der Waals surface area contributed by atoms with Gasteiger partial charge in [0.2, 0.25) is 0 Å². The molecule has 0 bridgehead atoms. The van der Waals surface area contributed by atoms with Crippen LogP contribution in [0.2, 0.25) is 0 Å². The van der Waals surface area contributed by atoms with Crippen LogP contribution in [0.3, 0.4) is 0 Å². The van der Waals surface area contributed by atoms with E-state index in [9.17, 15) is 23.6 Å². The largest absolute Gasteiger partial charge is 0.321 e. The number of halogens is 1. The van der Waals surface area contributed by atoms with E-state index in [1.807, 2.05) is 6.07 Å². The molecule has 41 heavy (non-hydrogen) atoms. The number of hydrogen-bond donors (Lipinski definition) is 2. The Morgan fingerprint density at radius 1 is 0.805 bits per heavy atom. The van der Waals surface area contributed by atoms with Crippen LogP contribution in [0.25, 0.3) is 6.08 Å². The molecule has 0 unspecified atom stereocenters. The number of carbonyl (C=O) groups is 4. The Balaban J connectivity index is 1.26. The summed E-state index contributed by atoms with van der Waals surface area (Å²) in [4.78, 5) is 53.3. The van der Waals surface area contributed by atoms with Crippen LogP contribution in [0.4, 0.5) is 10.1 Å². The summed E-state index contributed by atoms with van der Waals surface area (Å²) in [6, 6.07) is 27.9. The summed E-state index contributed by atoms with van der Waals surface area (Å²) in [5, 5.41) is 5.45. The van der Waals surface area contributed by atoms with E-state index >= 15 is 0 Å². The average Bonchev–Trinajstić information content (AvgIpc) is 3.23. The van der Waals surface area contributed by atoms with E-state index < -0.39 is 17.6 Å². The summed E-state index contributed by atoms with van der Waals surface area (Å²) in [6.07, 6.45) is 1.47. The highest BCUT2D eigenvalue weighted by molar-refractivity contribution is 7.99. The molecule has 0 radical (unpaired) electrons. The van der Waals surface area contributed by atoms with Crippen molar-refractivity contribution in [3.05, 3.63) is 137 Å². The van der Waals surface area contributed by atoms with Crippen molar-refractivity contribution in [2.75, 3.05) is 17.6 Å². The van der Waals surface area contributed by atoms with Crippen LogP contribution in [-0.4, -0.2) is 40.8 Å². The lowest BCUT2D eigenvalue weighted by Gasteiger charge is -2.14. The molecule has 0 aliphatic carbocycles. The summed E-state index contributed by atoms with van der Waals surface area (Å²) in [6.45, 7) is 0.240. The quantitative estimate of drug-likeness (QED) is 0.156. The first-order chi connectivity index (χ1) is 19.9. The number of amides is 4. The van der Waals surface area contributed by atoms with E-state index in [0.717, 1.165) is 4.90 Å². The summed E-state index contributed by atoms with van der Waals surface area (Å²) in [5.41, 5.74) is 2.20. The molecule has 9 heteroatoms. The Kier molecular flexibility index (Phi) is 8.36. The van der Waals surface area contributed by atoms with Crippen LogP contribution in [0, 0.1) is 5.82 Å². The Labute approximate surface area is 240 Å². The second-order valence-corrected chi connectivity index (χ2v) is 10.2. The van der Waals surface area contributed by atoms with Crippen molar-refractivity contribution in [1.82, 2.24) is 10.2 Å². The molecule has 0 saturated heterocycles. The molecular formula is C32H24FN3O4S. The third-order valence-electron chi connectivity index (χ3n) is 6.26. The van der Waals surface area contributed by atoms with E-state index in [1.165, 1.54) is 47.0 Å². The standard InChI is InChI=1S/C32H24FN3O4S/c33-23-15-13-21(14-16-23)19-28(35-29(37)22-7-2-1-3-8-22)30(38)34-24-9-6-10-25(20-24)41-18-17-36-31(39)26-11-4-5-12-27(26)32(36)40/h1-16,19-20H,17-18H2,(H,34,38)(H,35,37)/b28-19-. The molecule has 204 valence electrons. The predicted octanol–water partition coefficient (Wildman–Crippen LogP) is 5.62. The van der Waals surface area contributed by atoms with Gasteiger partial charge < -0.3 is 10.6 Å². The number of nitrogens with zero attached hydrogens (tertiary/aromatic N) is 1. The molecule has 2 N–H and O–H groups in total. The van der Waals surface area contributed by atoms with Gasteiger partial charge in [-0.3, -0.25) is 24.1 Å². The highest BCUT2D eigenvalue weighted by atomic mass is 32.2. The second kappa shape index (κ2) is 12.4. The van der Waals surface area contributed by atoms with Crippen molar-refractivity contribution < 1.29 is 23.6 Å². The highest BCUT2D eigenvalue weighted by Gasteiger charge is 2.34. The second-order valence-electron chi connectivity index (χ2n) is 9.07. The number of nitrogens with one attached hydrogen (secondary N) is 2. The van der Waals surface area contributed by atoms with Crippen LogP contribution in [0.5, 0.6) is 0 Å². The zero-order valence-corrected chi connectivity index (χ0v) is 22.5. The molecule has 1 aliphatic rings. The van der Waals surface area contributed by atoms with Crippen molar-refractivity contribution in [3.63, 3.8) is 0 Å². The summed E-state index contributed by atoms with van der Waals surface area (Å²) >= 11 is 1.43. The van der Waals surface area contributed by atoms with Crippen molar-refractivity contribution in [2.45, 2.75) is 4.90 Å². The minimum Gasteiger partial charge on any atom is -0.321 e. The fourth-order valence-corrected chi connectivity index (χ4v) is 5.12. The highest BCUT2D eigenvalue weighted by Crippen LogP contribution is 2.26. The molecule has 0 aromatic heterocycles. The molecule has 7 nitrogen and oxygen atoms in total. The zero-order valence-electron chi connectivity index (χ0n) is 21.7. The Hall–Kier alpha value is -5.02. The minimum atomic E-state index is -0.563. The summed E-state index contributed by atoms with van der Waals surface area (Å²) < 4.78 is 13.4. The lowest BCUT2D eigenvalue weighted by Crippen LogP contribution is -2.31. The molecule has 5 rings (SSSR count). The van der Waals surface area contributed by atoms with Crippen molar-refractivity contribution in [3.8, 4) is 0 Å². The predicted molar refractivity (Wildman–Crippen MR) is 156 cm³/mol. The first-order valence-electron chi connectivity index (χ1n) is 12.7. The lowest BCUT2D eigenvalue weighted by molar-refractivity contribution is -0.113. The van der Waals surface area contributed by atoms with Gasteiger partial charge in [-0.1, -0.05) is 48.5 Å². The molecule has 0 saturated carbocycles. The number of rotatable bonds is 9. The van der Waals surface area contributed by atoms with Gasteiger partial charge in [0.15, 0.2) is 0 Å². The van der Waals surface area contributed by atoms with Gasteiger partial charge in [0, 0.05) is 28.4 Å². The molecule has 0 atom stereocenters. The maximum atomic E-state index is 13.4. The Bertz CT molecular complexity index is 1620. The van der Waals surface area contributed by atoms with Gasteiger partial charge in [0.1, 0.15) is 11.5 Å². The molecule has 4 aromatic rings. The molecule has 1 aliphatic heterocycles. The lowest BCUT2D eigenvalue weighted by atomic mass is 10.1. The number of carbonyl (C=O) groups excluding carboxylic acids is 4. The van der Waals surface area contributed by atoms with Crippen molar-refractivity contribution >= 4 is 47.2 Å². The SMILES string of the molecule is O=C(Nc1cccc(SCCN2C(=O)c3ccccc3C2=O)c1)/C(=C/c1ccc(F)cc1)NC(=O)c1ccccc1. The van der Waals surface area contributed by atoms with Crippen LogP contribution in [0.15, 0.2) is 114 Å². The summed E-state index contributed by atoms with van der Waals surface area (Å²) in [5.74, 6) is -1.58. The normalized spacial score (nSPS) is 12.7. The maximum absolute atomic E-state index is 13.4. The van der Waals surface area contributed by atoms with E-state index in [1.54, 1.807) is 72.8 Å². The average molecular weight is 566 g/mol. The maximum Gasteiger partial charge on any atom is 0.272 e. The van der Waals surface area contributed by atoms with Crippen LogP contribution in [-0.2, 0) is 4.79 Å². The molecule has 1 heterocycles. The number of hydrogen-bond acceptors (Lipinski definition) is 5. The number of anilines is 1. The topological polar surface area (TPSA) is 95.6 Å².